The number of hydrogen-bond acceptors (Lipinski definition) is 2. The molecule has 0 aliphatic heterocycles. The predicted octanol–water partition coefficient (Wildman–Crippen LogP) is 2.10. The molecule has 0 bridgehead atoms. The van der Waals surface area contributed by atoms with Crippen molar-refractivity contribution in [3.63, 3.8) is 0 Å². The summed E-state index contributed by atoms with van der Waals surface area (Å²) in [5.41, 5.74) is 0.724. The Morgan fingerprint density at radius 2 is 2.29 bits per heavy atom. The van der Waals surface area contributed by atoms with E-state index in [0.717, 1.165) is 30.8 Å². The predicted molar refractivity (Wildman–Crippen MR) is 54.2 cm³/mol. The Morgan fingerprint density at radius 3 is 2.64 bits per heavy atom. The van der Waals surface area contributed by atoms with E-state index in [0.29, 0.717) is 0 Å². The lowest BCUT2D eigenvalue weighted by Crippen LogP contribution is -2.18. The van der Waals surface area contributed by atoms with Crippen molar-refractivity contribution in [2.24, 2.45) is 12.5 Å². The Balaban J connectivity index is 2.32. The number of hydrogen-bond donors (Lipinski definition) is 0. The molecular weight excluding hydrogens is 176 g/mol. The molecule has 1 aliphatic rings. The molecule has 14 heavy (non-hydrogen) atoms. The zero-order valence-electron chi connectivity index (χ0n) is 9.00. The minimum Gasteiger partial charge on any atom is -0.329 e. The largest absolute Gasteiger partial charge is 0.329 e. The summed E-state index contributed by atoms with van der Waals surface area (Å²) >= 11 is 0. The molecule has 1 saturated carbocycles. The normalized spacial score (nSPS) is 18.2. The van der Waals surface area contributed by atoms with E-state index in [1.165, 1.54) is 0 Å². The van der Waals surface area contributed by atoms with Crippen LogP contribution in [0.4, 0.5) is 0 Å². The number of carbonyl (C=O) groups excluding carboxylic acids is 1. The fourth-order valence-corrected chi connectivity index (χ4v) is 1.88. The fourth-order valence-electron chi connectivity index (χ4n) is 1.88. The van der Waals surface area contributed by atoms with Crippen LogP contribution in [0.1, 0.15) is 42.5 Å². The van der Waals surface area contributed by atoms with Gasteiger partial charge in [0.15, 0.2) is 5.78 Å². The van der Waals surface area contributed by atoms with Crippen molar-refractivity contribution in [3.8, 4) is 0 Å². The van der Waals surface area contributed by atoms with Gasteiger partial charge in [0.05, 0.1) is 6.20 Å². The number of rotatable bonds is 3. The zero-order chi connectivity index (χ0) is 10.3. The molecule has 0 amide bonds. The van der Waals surface area contributed by atoms with E-state index in [4.69, 9.17) is 0 Å². The SMILES string of the molecule is CCC1(C(=O)c2cnc(C)n2C)CC1. The number of aromatic nitrogens is 2. The van der Waals surface area contributed by atoms with Crippen molar-refractivity contribution in [1.82, 2.24) is 9.55 Å². The van der Waals surface area contributed by atoms with Crippen LogP contribution < -0.4 is 0 Å². The molecule has 2 rings (SSSR count). The van der Waals surface area contributed by atoms with Crippen molar-refractivity contribution in [2.75, 3.05) is 0 Å². The van der Waals surface area contributed by atoms with Gasteiger partial charge >= 0.3 is 0 Å². The van der Waals surface area contributed by atoms with E-state index in [2.05, 4.69) is 11.9 Å². The summed E-state index contributed by atoms with van der Waals surface area (Å²) in [6.45, 7) is 4.01. The lowest BCUT2D eigenvalue weighted by atomic mass is 9.96. The van der Waals surface area contributed by atoms with Crippen molar-refractivity contribution in [2.45, 2.75) is 33.1 Å². The van der Waals surface area contributed by atoms with Crippen molar-refractivity contribution >= 4 is 5.78 Å². The highest BCUT2D eigenvalue weighted by Gasteiger charge is 2.48. The second-order valence-electron chi connectivity index (χ2n) is 4.21. The first-order valence-electron chi connectivity index (χ1n) is 5.14. The van der Waals surface area contributed by atoms with Crippen LogP contribution >= 0.6 is 0 Å². The highest BCUT2D eigenvalue weighted by Crippen LogP contribution is 2.50. The number of carbonyl (C=O) groups is 1. The summed E-state index contributed by atoms with van der Waals surface area (Å²) in [6, 6.07) is 0. The molecule has 0 saturated heterocycles. The number of nitrogens with zero attached hydrogens (tertiary/aromatic N) is 2. The minimum atomic E-state index is -0.0414. The highest BCUT2D eigenvalue weighted by atomic mass is 16.1. The van der Waals surface area contributed by atoms with Crippen LogP contribution in [0.15, 0.2) is 6.20 Å². The molecule has 0 spiro atoms. The number of Topliss-reactive ketones (excluding diaryl/α,β-unsaturated/α-hetero) is 1. The second kappa shape index (κ2) is 2.94. The van der Waals surface area contributed by atoms with E-state index in [-0.39, 0.29) is 11.2 Å². The van der Waals surface area contributed by atoms with E-state index in [1.54, 1.807) is 6.20 Å². The Labute approximate surface area is 84.1 Å². The number of ketones is 1. The number of aryl methyl sites for hydroxylation is 1. The van der Waals surface area contributed by atoms with Gasteiger partial charge < -0.3 is 4.57 Å². The molecule has 0 N–H and O–H groups in total. The maximum absolute atomic E-state index is 12.1. The molecule has 76 valence electrons. The number of imidazole rings is 1. The maximum Gasteiger partial charge on any atom is 0.186 e. The molecule has 1 aromatic heterocycles. The van der Waals surface area contributed by atoms with E-state index in [9.17, 15) is 4.79 Å². The third-order valence-electron chi connectivity index (χ3n) is 3.47. The molecule has 1 aliphatic carbocycles. The molecule has 0 unspecified atom stereocenters. The topological polar surface area (TPSA) is 34.9 Å². The van der Waals surface area contributed by atoms with Crippen LogP contribution in [0.2, 0.25) is 0 Å². The van der Waals surface area contributed by atoms with Gasteiger partial charge in [0.1, 0.15) is 11.5 Å². The monoisotopic (exact) mass is 192 g/mol. The highest BCUT2D eigenvalue weighted by molar-refractivity contribution is 6.00. The minimum absolute atomic E-state index is 0.0414. The summed E-state index contributed by atoms with van der Waals surface area (Å²) in [6.07, 6.45) is 4.75. The molecular formula is C11H16N2O. The van der Waals surface area contributed by atoms with Gasteiger partial charge in [-0.2, -0.15) is 0 Å². The first kappa shape index (κ1) is 9.44. The van der Waals surface area contributed by atoms with Crippen LogP contribution in [0.3, 0.4) is 0 Å². The smallest absolute Gasteiger partial charge is 0.186 e. The first-order valence-corrected chi connectivity index (χ1v) is 5.14. The van der Waals surface area contributed by atoms with Crippen LogP contribution in [-0.4, -0.2) is 15.3 Å². The van der Waals surface area contributed by atoms with Gasteiger partial charge in [0.2, 0.25) is 0 Å². The van der Waals surface area contributed by atoms with Gasteiger partial charge in [0, 0.05) is 12.5 Å². The molecule has 1 aromatic rings. The lowest BCUT2D eigenvalue weighted by Gasteiger charge is -2.11. The van der Waals surface area contributed by atoms with Crippen molar-refractivity contribution in [1.29, 1.82) is 0 Å². The third-order valence-corrected chi connectivity index (χ3v) is 3.47. The van der Waals surface area contributed by atoms with Gasteiger partial charge in [0.25, 0.3) is 0 Å². The Hall–Kier alpha value is -1.12. The van der Waals surface area contributed by atoms with Crippen LogP contribution in [0.5, 0.6) is 0 Å². The van der Waals surface area contributed by atoms with E-state index >= 15 is 0 Å². The molecule has 1 fully saturated rings. The fraction of sp³-hybridized carbons (Fsp3) is 0.636. The van der Waals surface area contributed by atoms with Crippen molar-refractivity contribution < 1.29 is 4.79 Å². The van der Waals surface area contributed by atoms with Crippen molar-refractivity contribution in [3.05, 3.63) is 17.7 Å². The summed E-state index contributed by atoms with van der Waals surface area (Å²) in [5, 5.41) is 0. The van der Waals surface area contributed by atoms with Gasteiger partial charge in [-0.25, -0.2) is 4.98 Å². The quantitative estimate of drug-likeness (QED) is 0.687. The molecule has 0 atom stereocenters. The van der Waals surface area contributed by atoms with Gasteiger partial charge in [-0.05, 0) is 26.2 Å². The third kappa shape index (κ3) is 1.19. The second-order valence-corrected chi connectivity index (χ2v) is 4.21. The van der Waals surface area contributed by atoms with Gasteiger partial charge in [-0.3, -0.25) is 4.79 Å². The van der Waals surface area contributed by atoms with E-state index < -0.39 is 0 Å². The van der Waals surface area contributed by atoms with Crippen LogP contribution in [0.25, 0.3) is 0 Å². The van der Waals surface area contributed by atoms with Crippen LogP contribution in [0, 0.1) is 12.3 Å². The molecule has 1 heterocycles. The summed E-state index contributed by atoms with van der Waals surface area (Å²) in [5.74, 6) is 1.18. The summed E-state index contributed by atoms with van der Waals surface area (Å²) in [7, 11) is 1.90. The first-order chi connectivity index (χ1) is 6.60. The molecule has 0 aromatic carbocycles. The summed E-state index contributed by atoms with van der Waals surface area (Å²) < 4.78 is 1.89. The standard InChI is InChI=1S/C11H16N2O/c1-4-11(5-6-11)10(14)9-7-12-8(2)13(9)3/h7H,4-6H2,1-3H3. The molecule has 3 nitrogen and oxygen atoms in total. The average Bonchev–Trinajstić information content (AvgIpc) is 2.91. The van der Waals surface area contributed by atoms with Gasteiger partial charge in [-0.15, -0.1) is 0 Å². The van der Waals surface area contributed by atoms with Crippen LogP contribution in [-0.2, 0) is 7.05 Å². The summed E-state index contributed by atoms with van der Waals surface area (Å²) in [4.78, 5) is 16.3. The van der Waals surface area contributed by atoms with E-state index in [1.807, 2.05) is 18.5 Å². The Bertz CT molecular complexity index is 375. The lowest BCUT2D eigenvalue weighted by molar-refractivity contribution is 0.0887. The average molecular weight is 192 g/mol. The Morgan fingerprint density at radius 1 is 1.64 bits per heavy atom. The maximum atomic E-state index is 12.1. The zero-order valence-corrected chi connectivity index (χ0v) is 9.00. The molecule has 3 heteroatoms. The molecule has 0 radical (unpaired) electrons. The Kier molecular flexibility index (Phi) is 1.98. The van der Waals surface area contributed by atoms with Gasteiger partial charge in [-0.1, -0.05) is 6.92 Å².